The molecule has 0 bridgehead atoms. The van der Waals surface area contributed by atoms with Gasteiger partial charge in [0.15, 0.2) is 0 Å². The van der Waals surface area contributed by atoms with Gasteiger partial charge in [-0.05, 0) is 114 Å². The molecule has 320 valence electrons. The fraction of sp³-hybridized carbons (Fsp3) is 0.933. The van der Waals surface area contributed by atoms with Crippen LogP contribution in [0, 0.1) is 35.5 Å². The zero-order chi connectivity index (χ0) is 40.6. The summed E-state index contributed by atoms with van der Waals surface area (Å²) in [7, 11) is 3.85. The number of esters is 3. The molecule has 0 rings (SSSR count). The van der Waals surface area contributed by atoms with Gasteiger partial charge in [0, 0.05) is 32.6 Å². The van der Waals surface area contributed by atoms with Crippen LogP contribution in [0.2, 0.25) is 0 Å². The summed E-state index contributed by atoms with van der Waals surface area (Å²) in [4.78, 5) is 38.6. The Kier molecular flexibility index (Phi) is 33.4. The SMILES string of the molecule is CC(C)CCC(CCCOC(=O)CCCCCCOC(COCCCCCC(=O)OCCCC(CCC(C)C)C(C)C)COC(=O)CCN(C)C)C(C)C. The number of ether oxygens (including phenoxy) is 5. The molecular formula is C45H87NO8. The minimum Gasteiger partial charge on any atom is -0.466 e. The number of hydrogen-bond donors (Lipinski definition) is 0. The average Bonchev–Trinajstić information content (AvgIpc) is 3.10. The van der Waals surface area contributed by atoms with Crippen molar-refractivity contribution in [1.82, 2.24) is 4.90 Å². The molecule has 0 spiro atoms. The standard InChI is InChI=1S/C45H87NO8/c1-36(2)24-26-40(38(5)6)20-18-32-52-43(47)22-14-11-12-17-31-51-42(35-54-45(49)28-29-46(9)10)34-50-30-16-13-15-23-44(48)53-33-19-21-41(39(7)8)27-25-37(3)4/h36-42H,11-35H2,1-10H3. The zero-order valence-corrected chi connectivity index (χ0v) is 36.9. The van der Waals surface area contributed by atoms with Crippen molar-refractivity contribution < 1.29 is 38.1 Å². The number of unbranched alkanes of at least 4 members (excludes halogenated alkanes) is 5. The molecule has 0 aliphatic carbocycles. The van der Waals surface area contributed by atoms with Gasteiger partial charge in [-0.3, -0.25) is 14.4 Å². The summed E-state index contributed by atoms with van der Waals surface area (Å²) in [5, 5.41) is 0. The highest BCUT2D eigenvalue weighted by Crippen LogP contribution is 2.26. The van der Waals surface area contributed by atoms with E-state index >= 15 is 0 Å². The zero-order valence-electron chi connectivity index (χ0n) is 36.9. The Balaban J connectivity index is 4.25. The molecule has 0 aromatic rings. The van der Waals surface area contributed by atoms with E-state index in [9.17, 15) is 14.4 Å². The predicted octanol–water partition coefficient (Wildman–Crippen LogP) is 10.5. The van der Waals surface area contributed by atoms with Crippen molar-refractivity contribution in [2.24, 2.45) is 35.5 Å². The quantitative estimate of drug-likeness (QED) is 0.0347. The molecule has 0 aromatic heterocycles. The van der Waals surface area contributed by atoms with Gasteiger partial charge in [-0.25, -0.2) is 0 Å². The highest BCUT2D eigenvalue weighted by molar-refractivity contribution is 5.70. The molecule has 0 saturated carbocycles. The Labute approximate surface area is 333 Å². The summed E-state index contributed by atoms with van der Waals surface area (Å²) in [6, 6.07) is 0. The van der Waals surface area contributed by atoms with Gasteiger partial charge in [-0.15, -0.1) is 0 Å². The first-order chi connectivity index (χ1) is 25.7. The summed E-state index contributed by atoms with van der Waals surface area (Å²) < 4.78 is 28.5. The second-order valence-electron chi connectivity index (χ2n) is 17.5. The van der Waals surface area contributed by atoms with Gasteiger partial charge in [0.1, 0.15) is 12.7 Å². The van der Waals surface area contributed by atoms with Crippen LogP contribution in [0.3, 0.4) is 0 Å². The lowest BCUT2D eigenvalue weighted by Crippen LogP contribution is -2.28. The second kappa shape index (κ2) is 34.5. The van der Waals surface area contributed by atoms with Crippen LogP contribution in [0.5, 0.6) is 0 Å². The molecule has 54 heavy (non-hydrogen) atoms. The van der Waals surface area contributed by atoms with Crippen LogP contribution in [0.1, 0.15) is 171 Å². The number of carbonyl (C=O) groups excluding carboxylic acids is 3. The molecule has 0 aliphatic rings. The van der Waals surface area contributed by atoms with E-state index in [-0.39, 0.29) is 30.6 Å². The van der Waals surface area contributed by atoms with E-state index in [4.69, 9.17) is 23.7 Å². The van der Waals surface area contributed by atoms with E-state index in [0.29, 0.717) is 82.5 Å². The third kappa shape index (κ3) is 33.6. The van der Waals surface area contributed by atoms with E-state index in [1.54, 1.807) is 0 Å². The van der Waals surface area contributed by atoms with E-state index in [1.807, 2.05) is 19.0 Å². The van der Waals surface area contributed by atoms with E-state index in [1.165, 1.54) is 25.7 Å². The topological polar surface area (TPSA) is 101 Å². The van der Waals surface area contributed by atoms with Gasteiger partial charge in [-0.2, -0.15) is 0 Å². The summed E-state index contributed by atoms with van der Waals surface area (Å²) >= 11 is 0. The van der Waals surface area contributed by atoms with Gasteiger partial charge in [0.2, 0.25) is 0 Å². The lowest BCUT2D eigenvalue weighted by molar-refractivity contribution is -0.150. The predicted molar refractivity (Wildman–Crippen MR) is 221 cm³/mol. The van der Waals surface area contributed by atoms with Gasteiger partial charge >= 0.3 is 17.9 Å². The fourth-order valence-corrected chi connectivity index (χ4v) is 6.48. The fourth-order valence-electron chi connectivity index (χ4n) is 6.48. The van der Waals surface area contributed by atoms with Crippen LogP contribution in [-0.4, -0.2) is 89.2 Å². The maximum absolute atomic E-state index is 12.2. The van der Waals surface area contributed by atoms with E-state index in [2.05, 4.69) is 55.4 Å². The molecule has 0 N–H and O–H groups in total. The second-order valence-corrected chi connectivity index (χ2v) is 17.5. The van der Waals surface area contributed by atoms with Crippen LogP contribution >= 0.6 is 0 Å². The molecule has 0 aliphatic heterocycles. The molecule has 0 fully saturated rings. The Morgan fingerprint density at radius 2 is 0.926 bits per heavy atom. The van der Waals surface area contributed by atoms with E-state index < -0.39 is 0 Å². The highest BCUT2D eigenvalue weighted by atomic mass is 16.6. The maximum atomic E-state index is 12.2. The Morgan fingerprint density at radius 3 is 1.41 bits per heavy atom. The maximum Gasteiger partial charge on any atom is 0.307 e. The van der Waals surface area contributed by atoms with Crippen LogP contribution in [0.25, 0.3) is 0 Å². The van der Waals surface area contributed by atoms with Crippen LogP contribution in [0.4, 0.5) is 0 Å². The molecule has 3 atom stereocenters. The molecule has 0 radical (unpaired) electrons. The summed E-state index contributed by atoms with van der Waals surface area (Å²) in [5.74, 6) is 3.73. The van der Waals surface area contributed by atoms with Crippen molar-refractivity contribution in [2.75, 3.05) is 60.3 Å². The minimum atomic E-state index is -0.334. The van der Waals surface area contributed by atoms with Crippen molar-refractivity contribution in [3.05, 3.63) is 0 Å². The third-order valence-corrected chi connectivity index (χ3v) is 10.4. The van der Waals surface area contributed by atoms with Crippen molar-refractivity contribution in [3.63, 3.8) is 0 Å². The van der Waals surface area contributed by atoms with Crippen molar-refractivity contribution in [1.29, 1.82) is 0 Å². The molecule has 0 amide bonds. The first-order valence-corrected chi connectivity index (χ1v) is 22.0. The largest absolute Gasteiger partial charge is 0.466 e. The molecule has 0 heterocycles. The number of nitrogens with zero attached hydrogens (tertiary/aromatic N) is 1. The van der Waals surface area contributed by atoms with Gasteiger partial charge in [-0.1, -0.05) is 87.5 Å². The highest BCUT2D eigenvalue weighted by Gasteiger charge is 2.17. The van der Waals surface area contributed by atoms with Gasteiger partial charge in [0.05, 0.1) is 26.2 Å². The summed E-state index contributed by atoms with van der Waals surface area (Å²) in [5.41, 5.74) is 0. The smallest absolute Gasteiger partial charge is 0.307 e. The van der Waals surface area contributed by atoms with Crippen LogP contribution in [-0.2, 0) is 38.1 Å². The van der Waals surface area contributed by atoms with Crippen molar-refractivity contribution in [2.45, 2.75) is 177 Å². The lowest BCUT2D eigenvalue weighted by atomic mass is 9.85. The normalized spacial score (nSPS) is 13.6. The van der Waals surface area contributed by atoms with Crippen molar-refractivity contribution >= 4 is 17.9 Å². The van der Waals surface area contributed by atoms with Crippen LogP contribution < -0.4 is 0 Å². The molecule has 3 unspecified atom stereocenters. The van der Waals surface area contributed by atoms with Crippen molar-refractivity contribution in [3.8, 4) is 0 Å². The molecule has 0 saturated heterocycles. The first kappa shape index (κ1) is 52.3. The number of carbonyl (C=O) groups is 3. The first-order valence-electron chi connectivity index (χ1n) is 22.0. The minimum absolute atomic E-state index is 0.0965. The number of hydrogen-bond acceptors (Lipinski definition) is 9. The monoisotopic (exact) mass is 770 g/mol. The Morgan fingerprint density at radius 1 is 0.463 bits per heavy atom. The third-order valence-electron chi connectivity index (χ3n) is 10.4. The molecule has 0 aromatic carbocycles. The van der Waals surface area contributed by atoms with Crippen LogP contribution in [0.15, 0.2) is 0 Å². The summed E-state index contributed by atoms with van der Waals surface area (Å²) in [6.45, 7) is 21.6. The average molecular weight is 770 g/mol. The lowest BCUT2D eigenvalue weighted by Gasteiger charge is -2.21. The molecule has 9 heteroatoms. The van der Waals surface area contributed by atoms with Gasteiger partial charge in [0.25, 0.3) is 0 Å². The Hall–Kier alpha value is -1.71. The number of rotatable bonds is 37. The summed E-state index contributed by atoms with van der Waals surface area (Å²) in [6.07, 6.45) is 16.1. The van der Waals surface area contributed by atoms with E-state index in [0.717, 1.165) is 82.5 Å². The molecule has 9 nitrogen and oxygen atoms in total. The van der Waals surface area contributed by atoms with Gasteiger partial charge < -0.3 is 28.6 Å². The Bertz CT molecular complexity index is 848. The molecular weight excluding hydrogens is 682 g/mol.